The molecule has 4 aromatic rings. The van der Waals surface area contributed by atoms with Crippen LogP contribution in [0.4, 0.5) is 4.39 Å². The summed E-state index contributed by atoms with van der Waals surface area (Å²) in [6.07, 6.45) is 2.76. The van der Waals surface area contributed by atoms with Gasteiger partial charge in [-0.15, -0.1) is 0 Å². The Morgan fingerprint density at radius 2 is 1.77 bits per heavy atom. The zero-order valence-electron chi connectivity index (χ0n) is 22.4. The van der Waals surface area contributed by atoms with Gasteiger partial charge in [0, 0.05) is 19.0 Å². The number of furan rings is 1. The summed E-state index contributed by atoms with van der Waals surface area (Å²) in [6, 6.07) is 23.6. The van der Waals surface area contributed by atoms with E-state index < -0.39 is 0 Å². The van der Waals surface area contributed by atoms with Gasteiger partial charge in [0.25, 0.3) is 5.91 Å². The third-order valence-corrected chi connectivity index (χ3v) is 7.58. The van der Waals surface area contributed by atoms with Crippen LogP contribution in [0.15, 0.2) is 83.3 Å². The predicted octanol–water partition coefficient (Wildman–Crippen LogP) is 6.12. The Labute approximate surface area is 232 Å². The second-order valence-corrected chi connectivity index (χ2v) is 10.6. The molecule has 1 aromatic heterocycles. The molecule has 0 spiro atoms. The number of benzene rings is 3. The van der Waals surface area contributed by atoms with Crippen molar-refractivity contribution in [3.8, 4) is 5.75 Å². The van der Waals surface area contributed by atoms with E-state index in [4.69, 9.17) is 9.15 Å². The average molecular weight is 539 g/mol. The van der Waals surface area contributed by atoms with Crippen LogP contribution in [0.1, 0.15) is 63.0 Å². The van der Waals surface area contributed by atoms with Gasteiger partial charge in [0.05, 0.1) is 6.04 Å². The van der Waals surface area contributed by atoms with Crippen molar-refractivity contribution in [3.05, 3.63) is 124 Å². The molecule has 1 aliphatic carbocycles. The Morgan fingerprint density at radius 1 is 1.00 bits per heavy atom. The lowest BCUT2D eigenvalue weighted by atomic mass is 9.87. The molecule has 1 saturated carbocycles. The Bertz CT molecular complexity index is 1520. The van der Waals surface area contributed by atoms with E-state index in [0.717, 1.165) is 36.0 Å². The van der Waals surface area contributed by atoms with Crippen molar-refractivity contribution in [2.45, 2.75) is 45.4 Å². The van der Waals surface area contributed by atoms with E-state index >= 15 is 0 Å². The minimum absolute atomic E-state index is 0.148. The molecule has 2 heterocycles. The van der Waals surface area contributed by atoms with Crippen LogP contribution in [0.2, 0.25) is 0 Å². The minimum atomic E-state index is -0.356. The van der Waals surface area contributed by atoms with Crippen molar-refractivity contribution >= 4 is 11.8 Å². The molecule has 0 radical (unpaired) electrons. The number of hydrogen-bond donors (Lipinski definition) is 1. The lowest BCUT2D eigenvalue weighted by molar-refractivity contribution is -0.134. The number of rotatable bonds is 8. The molecular formula is C33H31FN2O4. The van der Waals surface area contributed by atoms with Gasteiger partial charge in [0.15, 0.2) is 5.76 Å². The van der Waals surface area contributed by atoms with Crippen LogP contribution in [-0.4, -0.2) is 23.3 Å². The van der Waals surface area contributed by atoms with Crippen LogP contribution in [0.25, 0.3) is 0 Å². The van der Waals surface area contributed by atoms with Crippen LogP contribution < -0.4 is 10.1 Å². The maximum atomic E-state index is 13.2. The molecule has 6 nitrogen and oxygen atoms in total. The van der Waals surface area contributed by atoms with E-state index in [-0.39, 0.29) is 48.5 Å². The molecule has 2 amide bonds. The summed E-state index contributed by atoms with van der Waals surface area (Å²) in [7, 11) is 0. The standard InChI is InChI=1S/C33H31FN2O4/c1-21-2-6-24(7-3-21)31-29-18-27(13-10-23(29)16-17-36(31)33(38)25-8-9-25)39-20-28-14-15-30(40-28)32(37)35-19-22-4-11-26(34)12-5-22/h2-7,10-15,18,25,31H,8-9,16-17,19-20H2,1H3,(H,35,37)/t31-/m0/s1. The van der Waals surface area contributed by atoms with Gasteiger partial charge < -0.3 is 19.4 Å². The van der Waals surface area contributed by atoms with Gasteiger partial charge >= 0.3 is 0 Å². The van der Waals surface area contributed by atoms with Crippen LogP contribution in [-0.2, 0) is 24.4 Å². The van der Waals surface area contributed by atoms with Gasteiger partial charge in [-0.25, -0.2) is 4.39 Å². The lowest BCUT2D eigenvalue weighted by Gasteiger charge is -2.38. The first-order valence-electron chi connectivity index (χ1n) is 13.7. The van der Waals surface area contributed by atoms with Crippen LogP contribution in [0, 0.1) is 18.7 Å². The molecule has 1 N–H and O–H groups in total. The summed E-state index contributed by atoms with van der Waals surface area (Å²) in [5.74, 6) is 1.09. The summed E-state index contributed by atoms with van der Waals surface area (Å²) in [4.78, 5) is 27.8. The fourth-order valence-corrected chi connectivity index (χ4v) is 5.20. The van der Waals surface area contributed by atoms with Crippen molar-refractivity contribution in [3.63, 3.8) is 0 Å². The fourth-order valence-electron chi connectivity index (χ4n) is 5.20. The quantitative estimate of drug-likeness (QED) is 0.293. The number of hydrogen-bond acceptors (Lipinski definition) is 4. The van der Waals surface area contributed by atoms with Crippen molar-refractivity contribution in [1.29, 1.82) is 0 Å². The first-order valence-corrected chi connectivity index (χ1v) is 13.7. The maximum absolute atomic E-state index is 13.2. The molecule has 40 heavy (non-hydrogen) atoms. The SMILES string of the molecule is Cc1ccc([C@H]2c3cc(OCc4ccc(C(=O)NCc5ccc(F)cc5)o4)ccc3CCN2C(=O)C2CC2)cc1. The molecule has 0 unspecified atom stereocenters. The highest BCUT2D eigenvalue weighted by Crippen LogP contribution is 2.41. The van der Waals surface area contributed by atoms with Gasteiger partial charge in [-0.1, -0.05) is 48.0 Å². The second kappa shape index (κ2) is 11.0. The third-order valence-electron chi connectivity index (χ3n) is 7.58. The van der Waals surface area contributed by atoms with Crippen molar-refractivity contribution in [2.75, 3.05) is 6.54 Å². The molecule has 204 valence electrons. The van der Waals surface area contributed by atoms with E-state index in [1.165, 1.54) is 23.3 Å². The van der Waals surface area contributed by atoms with Crippen LogP contribution >= 0.6 is 0 Å². The number of halogens is 1. The number of carbonyl (C=O) groups is 2. The second-order valence-electron chi connectivity index (χ2n) is 10.6. The van der Waals surface area contributed by atoms with E-state index in [9.17, 15) is 14.0 Å². The molecule has 7 heteroatoms. The number of ether oxygens (including phenoxy) is 1. The zero-order valence-corrected chi connectivity index (χ0v) is 22.4. The Hall–Kier alpha value is -4.39. The van der Waals surface area contributed by atoms with Gasteiger partial charge in [0.2, 0.25) is 5.91 Å². The van der Waals surface area contributed by atoms with E-state index in [1.54, 1.807) is 24.3 Å². The largest absolute Gasteiger partial charge is 0.486 e. The van der Waals surface area contributed by atoms with Crippen LogP contribution in [0.5, 0.6) is 5.75 Å². The van der Waals surface area contributed by atoms with Gasteiger partial charge in [-0.05, 0) is 84.8 Å². The summed E-state index contributed by atoms with van der Waals surface area (Å²) < 4.78 is 24.9. The normalized spacial score (nSPS) is 16.4. The molecule has 1 atom stereocenters. The molecule has 1 fully saturated rings. The zero-order chi connectivity index (χ0) is 27.6. The topological polar surface area (TPSA) is 71.8 Å². The average Bonchev–Trinajstić information content (AvgIpc) is 3.72. The summed E-state index contributed by atoms with van der Waals surface area (Å²) in [6.45, 7) is 3.19. The summed E-state index contributed by atoms with van der Waals surface area (Å²) in [5, 5.41) is 2.78. The van der Waals surface area contributed by atoms with Gasteiger partial charge in [0.1, 0.15) is 23.9 Å². The predicted molar refractivity (Wildman–Crippen MR) is 148 cm³/mol. The van der Waals surface area contributed by atoms with Gasteiger partial charge in [-0.2, -0.15) is 0 Å². The highest BCUT2D eigenvalue weighted by Gasteiger charge is 2.39. The van der Waals surface area contributed by atoms with E-state index in [0.29, 0.717) is 18.1 Å². The Morgan fingerprint density at radius 3 is 2.52 bits per heavy atom. The number of amides is 2. The fraction of sp³-hybridized carbons (Fsp3) is 0.273. The molecule has 3 aromatic carbocycles. The number of nitrogens with zero attached hydrogens (tertiary/aromatic N) is 1. The highest BCUT2D eigenvalue weighted by molar-refractivity contribution is 5.91. The first kappa shape index (κ1) is 25.9. The minimum Gasteiger partial charge on any atom is -0.486 e. The molecule has 6 rings (SSSR count). The smallest absolute Gasteiger partial charge is 0.287 e. The molecule has 2 aliphatic rings. The lowest BCUT2D eigenvalue weighted by Crippen LogP contribution is -2.41. The Kier molecular flexibility index (Phi) is 7.11. The molecule has 0 saturated heterocycles. The molecular weight excluding hydrogens is 507 g/mol. The van der Waals surface area contributed by atoms with Crippen molar-refractivity contribution in [2.24, 2.45) is 5.92 Å². The Balaban J connectivity index is 1.15. The summed E-state index contributed by atoms with van der Waals surface area (Å²) >= 11 is 0. The van der Waals surface area contributed by atoms with Crippen molar-refractivity contribution in [1.82, 2.24) is 10.2 Å². The molecule has 0 bridgehead atoms. The monoisotopic (exact) mass is 538 g/mol. The number of fused-ring (bicyclic) bond motifs is 1. The number of aryl methyl sites for hydroxylation is 1. The summed E-state index contributed by atoms with van der Waals surface area (Å²) in [5.41, 5.74) is 5.37. The third kappa shape index (κ3) is 5.64. The number of nitrogens with one attached hydrogen (secondary N) is 1. The van der Waals surface area contributed by atoms with Crippen LogP contribution in [0.3, 0.4) is 0 Å². The van der Waals surface area contributed by atoms with E-state index in [2.05, 4.69) is 42.6 Å². The van der Waals surface area contributed by atoms with Crippen molar-refractivity contribution < 1.29 is 23.1 Å². The number of carbonyl (C=O) groups excluding carboxylic acids is 2. The van der Waals surface area contributed by atoms with Gasteiger partial charge in [-0.3, -0.25) is 9.59 Å². The maximum Gasteiger partial charge on any atom is 0.287 e. The molecule has 1 aliphatic heterocycles. The highest BCUT2D eigenvalue weighted by atomic mass is 19.1. The first-order chi connectivity index (χ1) is 19.4. The van der Waals surface area contributed by atoms with E-state index in [1.807, 2.05) is 17.0 Å².